The molecule has 0 bridgehead atoms. The van der Waals surface area contributed by atoms with Crippen molar-refractivity contribution in [1.29, 1.82) is 0 Å². The third-order valence-electron chi connectivity index (χ3n) is 2.64. The van der Waals surface area contributed by atoms with E-state index in [1.807, 2.05) is 26.8 Å². The van der Waals surface area contributed by atoms with Crippen LogP contribution in [0.1, 0.15) is 28.4 Å². The van der Waals surface area contributed by atoms with Crippen LogP contribution in [0.15, 0.2) is 24.7 Å². The second-order valence-corrected chi connectivity index (χ2v) is 5.59. The number of aryl methyl sites for hydroxylation is 2. The van der Waals surface area contributed by atoms with E-state index in [2.05, 4.69) is 20.6 Å². The van der Waals surface area contributed by atoms with Gasteiger partial charge in [-0.3, -0.25) is 4.98 Å². The topological polar surface area (TPSA) is 66.9 Å². The minimum Gasteiger partial charge on any atom is -0.329 e. The molecule has 1 atom stereocenters. The molecule has 100 valence electrons. The van der Waals surface area contributed by atoms with E-state index in [1.165, 1.54) is 0 Å². The van der Waals surface area contributed by atoms with E-state index in [9.17, 15) is 4.79 Å². The first-order chi connectivity index (χ1) is 9.06. The molecule has 0 spiro atoms. The number of thiazole rings is 1. The second kappa shape index (κ2) is 5.79. The highest BCUT2D eigenvalue weighted by molar-refractivity contribution is 7.11. The van der Waals surface area contributed by atoms with Crippen LogP contribution >= 0.6 is 11.3 Å². The highest BCUT2D eigenvalue weighted by Crippen LogP contribution is 2.19. The standard InChI is InChI=1S/C13H16N4OS/c1-8-4-5-14-7-11(8)17-13(18)16-10(3)12-15-6-9(2)19-12/h4-7,10H,1-3H3,(H2,16,17,18). The maximum Gasteiger partial charge on any atom is 0.319 e. The molecule has 0 saturated carbocycles. The van der Waals surface area contributed by atoms with Gasteiger partial charge in [0.15, 0.2) is 0 Å². The Morgan fingerprint density at radius 3 is 2.79 bits per heavy atom. The largest absolute Gasteiger partial charge is 0.329 e. The van der Waals surface area contributed by atoms with Crippen molar-refractivity contribution in [1.82, 2.24) is 15.3 Å². The van der Waals surface area contributed by atoms with Gasteiger partial charge in [-0.15, -0.1) is 11.3 Å². The summed E-state index contributed by atoms with van der Waals surface area (Å²) in [5.74, 6) is 0. The fraction of sp³-hybridized carbons (Fsp3) is 0.308. The highest BCUT2D eigenvalue weighted by atomic mass is 32.1. The van der Waals surface area contributed by atoms with Gasteiger partial charge in [0.05, 0.1) is 17.9 Å². The van der Waals surface area contributed by atoms with Gasteiger partial charge >= 0.3 is 6.03 Å². The zero-order valence-corrected chi connectivity index (χ0v) is 11.9. The van der Waals surface area contributed by atoms with Crippen LogP contribution in [0.5, 0.6) is 0 Å². The SMILES string of the molecule is Cc1cnc(C(C)NC(=O)Nc2cnccc2C)s1. The molecule has 2 heterocycles. The molecule has 0 saturated heterocycles. The predicted octanol–water partition coefficient (Wildman–Crippen LogP) is 3.04. The summed E-state index contributed by atoms with van der Waals surface area (Å²) in [6, 6.07) is 1.48. The summed E-state index contributed by atoms with van der Waals surface area (Å²) in [7, 11) is 0. The number of nitrogens with zero attached hydrogens (tertiary/aromatic N) is 2. The maximum atomic E-state index is 11.9. The fourth-order valence-corrected chi connectivity index (χ4v) is 2.36. The summed E-state index contributed by atoms with van der Waals surface area (Å²) >= 11 is 1.58. The van der Waals surface area contributed by atoms with Crippen LogP contribution < -0.4 is 10.6 Å². The number of hydrogen-bond acceptors (Lipinski definition) is 4. The number of anilines is 1. The fourth-order valence-electron chi connectivity index (χ4n) is 1.58. The lowest BCUT2D eigenvalue weighted by molar-refractivity contribution is 0.249. The Kier molecular flexibility index (Phi) is 4.11. The van der Waals surface area contributed by atoms with Crippen molar-refractivity contribution in [2.24, 2.45) is 0 Å². The second-order valence-electron chi connectivity index (χ2n) is 4.32. The quantitative estimate of drug-likeness (QED) is 0.905. The third-order valence-corrected chi connectivity index (χ3v) is 3.74. The molecule has 2 rings (SSSR count). The number of aromatic nitrogens is 2. The molecule has 2 N–H and O–H groups in total. The Morgan fingerprint density at radius 2 is 2.16 bits per heavy atom. The first-order valence-corrected chi connectivity index (χ1v) is 6.78. The van der Waals surface area contributed by atoms with Crippen LogP contribution in [0.4, 0.5) is 10.5 Å². The molecule has 0 aliphatic heterocycles. The Labute approximate surface area is 116 Å². The first-order valence-electron chi connectivity index (χ1n) is 5.96. The van der Waals surface area contributed by atoms with Gasteiger partial charge in [0.1, 0.15) is 5.01 Å². The van der Waals surface area contributed by atoms with Gasteiger partial charge in [-0.25, -0.2) is 9.78 Å². The van der Waals surface area contributed by atoms with Gasteiger partial charge < -0.3 is 10.6 Å². The molecule has 5 nitrogen and oxygen atoms in total. The average molecular weight is 276 g/mol. The lowest BCUT2D eigenvalue weighted by atomic mass is 10.2. The van der Waals surface area contributed by atoms with Crippen LogP contribution in [-0.2, 0) is 0 Å². The number of carbonyl (C=O) groups is 1. The van der Waals surface area contributed by atoms with Crippen molar-refractivity contribution in [3.8, 4) is 0 Å². The molecule has 2 amide bonds. The van der Waals surface area contributed by atoms with Crippen LogP contribution in [-0.4, -0.2) is 16.0 Å². The van der Waals surface area contributed by atoms with Gasteiger partial charge in [-0.1, -0.05) is 0 Å². The minimum absolute atomic E-state index is 0.115. The Balaban J connectivity index is 1.96. The number of urea groups is 1. The molecule has 19 heavy (non-hydrogen) atoms. The number of rotatable bonds is 3. The number of nitrogens with one attached hydrogen (secondary N) is 2. The molecular weight excluding hydrogens is 260 g/mol. The summed E-state index contributed by atoms with van der Waals surface area (Å²) in [6.45, 7) is 5.83. The van der Waals surface area contributed by atoms with E-state index in [4.69, 9.17) is 0 Å². The molecule has 0 aliphatic carbocycles. The Bertz CT molecular complexity index is 582. The molecule has 0 aliphatic rings. The lowest BCUT2D eigenvalue weighted by Crippen LogP contribution is -2.31. The zero-order chi connectivity index (χ0) is 13.8. The summed E-state index contributed by atoms with van der Waals surface area (Å²) in [5, 5.41) is 6.54. The van der Waals surface area contributed by atoms with E-state index in [0.29, 0.717) is 5.69 Å². The number of pyridine rings is 1. The van der Waals surface area contributed by atoms with Gasteiger partial charge in [0, 0.05) is 17.3 Å². The van der Waals surface area contributed by atoms with Gasteiger partial charge in [-0.05, 0) is 32.4 Å². The molecule has 0 radical (unpaired) electrons. The molecular formula is C13H16N4OS. The first kappa shape index (κ1) is 13.5. The van der Waals surface area contributed by atoms with Crippen LogP contribution in [0.2, 0.25) is 0 Å². The monoisotopic (exact) mass is 276 g/mol. The Morgan fingerprint density at radius 1 is 1.37 bits per heavy atom. The van der Waals surface area contributed by atoms with E-state index < -0.39 is 0 Å². The summed E-state index contributed by atoms with van der Waals surface area (Å²) in [4.78, 5) is 21.3. The Hall–Kier alpha value is -1.95. The summed E-state index contributed by atoms with van der Waals surface area (Å²) in [5.41, 5.74) is 1.69. The van der Waals surface area contributed by atoms with Crippen LogP contribution in [0.3, 0.4) is 0 Å². The minimum atomic E-state index is -0.253. The van der Waals surface area contributed by atoms with Gasteiger partial charge in [0.2, 0.25) is 0 Å². The average Bonchev–Trinajstić information content (AvgIpc) is 2.79. The smallest absolute Gasteiger partial charge is 0.319 e. The van der Waals surface area contributed by atoms with E-state index in [-0.39, 0.29) is 12.1 Å². The molecule has 2 aromatic heterocycles. The van der Waals surface area contributed by atoms with Crippen LogP contribution in [0.25, 0.3) is 0 Å². The number of amides is 2. The van der Waals surface area contributed by atoms with Gasteiger partial charge in [-0.2, -0.15) is 0 Å². The third kappa shape index (κ3) is 3.51. The number of hydrogen-bond donors (Lipinski definition) is 2. The van der Waals surface area contributed by atoms with Crippen molar-refractivity contribution < 1.29 is 4.79 Å². The normalized spacial score (nSPS) is 11.9. The maximum absolute atomic E-state index is 11.9. The summed E-state index contributed by atoms with van der Waals surface area (Å²) < 4.78 is 0. The van der Waals surface area contributed by atoms with E-state index in [1.54, 1.807) is 29.9 Å². The van der Waals surface area contributed by atoms with E-state index in [0.717, 1.165) is 15.4 Å². The summed E-state index contributed by atoms with van der Waals surface area (Å²) in [6.07, 6.45) is 5.13. The predicted molar refractivity (Wildman–Crippen MR) is 76.4 cm³/mol. The van der Waals surface area contributed by atoms with Crippen molar-refractivity contribution >= 4 is 23.1 Å². The van der Waals surface area contributed by atoms with Crippen molar-refractivity contribution in [2.75, 3.05) is 5.32 Å². The van der Waals surface area contributed by atoms with Crippen molar-refractivity contribution in [3.05, 3.63) is 40.1 Å². The lowest BCUT2D eigenvalue weighted by Gasteiger charge is -2.13. The van der Waals surface area contributed by atoms with Gasteiger partial charge in [0.25, 0.3) is 0 Å². The van der Waals surface area contributed by atoms with Crippen LogP contribution in [0, 0.1) is 13.8 Å². The zero-order valence-electron chi connectivity index (χ0n) is 11.1. The molecule has 0 aromatic carbocycles. The highest BCUT2D eigenvalue weighted by Gasteiger charge is 2.13. The van der Waals surface area contributed by atoms with E-state index >= 15 is 0 Å². The molecule has 6 heteroatoms. The molecule has 0 fully saturated rings. The molecule has 1 unspecified atom stereocenters. The van der Waals surface area contributed by atoms with Crippen molar-refractivity contribution in [2.45, 2.75) is 26.8 Å². The number of carbonyl (C=O) groups excluding carboxylic acids is 1. The van der Waals surface area contributed by atoms with Crippen molar-refractivity contribution in [3.63, 3.8) is 0 Å². The molecule has 2 aromatic rings.